The monoisotopic (exact) mass is 260 g/mol. The Balaban J connectivity index is 1.71. The number of aryl methyl sites for hydroxylation is 1. The summed E-state index contributed by atoms with van der Waals surface area (Å²) in [6.07, 6.45) is 7.25. The molecule has 1 fully saturated rings. The first-order valence-electron chi connectivity index (χ1n) is 7.19. The number of halogens is 1. The fraction of sp³-hybridized carbons (Fsp3) is 0.500. The Morgan fingerprint density at radius 2 is 2.16 bits per heavy atom. The van der Waals surface area contributed by atoms with Crippen molar-refractivity contribution < 1.29 is 4.39 Å². The second-order valence-electron chi connectivity index (χ2n) is 5.63. The van der Waals surface area contributed by atoms with Crippen molar-refractivity contribution in [2.45, 2.75) is 38.3 Å². The minimum atomic E-state index is -0.155. The molecule has 1 aliphatic heterocycles. The SMILES string of the molecule is CN1CCCCC1CCn1ccc2cc(F)ccc21. The molecule has 0 N–H and O–H groups in total. The van der Waals surface area contributed by atoms with Crippen LogP contribution in [-0.2, 0) is 6.54 Å². The highest BCUT2D eigenvalue weighted by atomic mass is 19.1. The van der Waals surface area contributed by atoms with Crippen LogP contribution in [0.2, 0.25) is 0 Å². The lowest BCUT2D eigenvalue weighted by Gasteiger charge is -2.32. The lowest BCUT2D eigenvalue weighted by molar-refractivity contribution is 0.171. The molecular formula is C16H21FN2. The van der Waals surface area contributed by atoms with E-state index in [1.165, 1.54) is 32.2 Å². The minimum Gasteiger partial charge on any atom is -0.347 e. The fourth-order valence-electron chi connectivity index (χ4n) is 3.16. The molecule has 1 aromatic heterocycles. The molecule has 1 aromatic carbocycles. The summed E-state index contributed by atoms with van der Waals surface area (Å²) in [5, 5.41) is 0.997. The summed E-state index contributed by atoms with van der Waals surface area (Å²) in [5.41, 5.74) is 1.14. The molecule has 0 spiro atoms. The summed E-state index contributed by atoms with van der Waals surface area (Å²) in [6, 6.07) is 7.74. The molecule has 0 radical (unpaired) electrons. The van der Waals surface area contributed by atoms with E-state index in [0.717, 1.165) is 17.4 Å². The number of benzene rings is 1. The molecule has 2 nitrogen and oxygen atoms in total. The van der Waals surface area contributed by atoms with Gasteiger partial charge in [-0.1, -0.05) is 6.42 Å². The topological polar surface area (TPSA) is 8.17 Å². The van der Waals surface area contributed by atoms with Crippen molar-refractivity contribution in [2.75, 3.05) is 13.6 Å². The van der Waals surface area contributed by atoms with Gasteiger partial charge in [-0.3, -0.25) is 0 Å². The Labute approximate surface area is 113 Å². The zero-order chi connectivity index (χ0) is 13.2. The molecule has 0 saturated carbocycles. The van der Waals surface area contributed by atoms with E-state index in [4.69, 9.17) is 0 Å². The van der Waals surface area contributed by atoms with Gasteiger partial charge < -0.3 is 9.47 Å². The van der Waals surface area contributed by atoms with Gasteiger partial charge >= 0.3 is 0 Å². The number of nitrogens with zero attached hydrogens (tertiary/aromatic N) is 2. The Bertz CT molecular complexity index is 561. The maximum absolute atomic E-state index is 13.2. The third kappa shape index (κ3) is 2.66. The smallest absolute Gasteiger partial charge is 0.123 e. The Kier molecular flexibility index (Phi) is 3.56. The Morgan fingerprint density at radius 3 is 3.00 bits per heavy atom. The van der Waals surface area contributed by atoms with Gasteiger partial charge in [0.2, 0.25) is 0 Å². The summed E-state index contributed by atoms with van der Waals surface area (Å²) in [5.74, 6) is -0.155. The zero-order valence-corrected chi connectivity index (χ0v) is 11.5. The van der Waals surface area contributed by atoms with Gasteiger partial charge in [0.15, 0.2) is 0 Å². The van der Waals surface area contributed by atoms with E-state index in [2.05, 4.69) is 22.7 Å². The molecule has 3 heteroatoms. The number of piperidine rings is 1. The maximum atomic E-state index is 13.2. The minimum absolute atomic E-state index is 0.155. The van der Waals surface area contributed by atoms with Gasteiger partial charge in [-0.15, -0.1) is 0 Å². The van der Waals surface area contributed by atoms with Gasteiger partial charge in [-0.05, 0) is 57.1 Å². The van der Waals surface area contributed by atoms with Crippen LogP contribution in [0.1, 0.15) is 25.7 Å². The highest BCUT2D eigenvalue weighted by Crippen LogP contribution is 2.21. The van der Waals surface area contributed by atoms with Gasteiger partial charge in [0.25, 0.3) is 0 Å². The standard InChI is InChI=1S/C16H21FN2/c1-18-9-3-2-4-15(18)8-11-19-10-7-13-12-14(17)5-6-16(13)19/h5-7,10,12,15H,2-4,8-9,11H2,1H3. The molecule has 0 bridgehead atoms. The van der Waals surface area contributed by atoms with Crippen molar-refractivity contribution in [3.05, 3.63) is 36.3 Å². The summed E-state index contributed by atoms with van der Waals surface area (Å²) in [6.45, 7) is 2.24. The summed E-state index contributed by atoms with van der Waals surface area (Å²) >= 11 is 0. The highest BCUT2D eigenvalue weighted by molar-refractivity contribution is 5.80. The predicted octanol–water partition coefficient (Wildman–Crippen LogP) is 3.65. The molecule has 1 atom stereocenters. The molecule has 2 heterocycles. The van der Waals surface area contributed by atoms with E-state index in [-0.39, 0.29) is 5.82 Å². The Hall–Kier alpha value is -1.35. The van der Waals surface area contributed by atoms with Crippen molar-refractivity contribution in [1.29, 1.82) is 0 Å². The first kappa shape index (κ1) is 12.7. The second-order valence-corrected chi connectivity index (χ2v) is 5.63. The van der Waals surface area contributed by atoms with Gasteiger partial charge in [0, 0.05) is 29.7 Å². The van der Waals surface area contributed by atoms with E-state index >= 15 is 0 Å². The third-order valence-electron chi connectivity index (χ3n) is 4.36. The van der Waals surface area contributed by atoms with Crippen LogP contribution >= 0.6 is 0 Å². The molecule has 3 rings (SSSR count). The number of likely N-dealkylation sites (tertiary alicyclic amines) is 1. The van der Waals surface area contributed by atoms with Gasteiger partial charge in [0.1, 0.15) is 5.82 Å². The normalized spacial score (nSPS) is 21.1. The second kappa shape index (κ2) is 5.33. The van der Waals surface area contributed by atoms with E-state index < -0.39 is 0 Å². The predicted molar refractivity (Wildman–Crippen MR) is 76.8 cm³/mol. The quantitative estimate of drug-likeness (QED) is 0.817. The highest BCUT2D eigenvalue weighted by Gasteiger charge is 2.18. The zero-order valence-electron chi connectivity index (χ0n) is 11.5. The molecule has 1 unspecified atom stereocenters. The number of hydrogen-bond acceptors (Lipinski definition) is 1. The van der Waals surface area contributed by atoms with Crippen molar-refractivity contribution in [2.24, 2.45) is 0 Å². The van der Waals surface area contributed by atoms with Crippen LogP contribution in [0.3, 0.4) is 0 Å². The molecular weight excluding hydrogens is 239 g/mol. The average molecular weight is 260 g/mol. The van der Waals surface area contributed by atoms with Crippen molar-refractivity contribution in [3.8, 4) is 0 Å². The lowest BCUT2D eigenvalue weighted by Crippen LogP contribution is -2.36. The Morgan fingerprint density at radius 1 is 1.26 bits per heavy atom. The number of fused-ring (bicyclic) bond motifs is 1. The van der Waals surface area contributed by atoms with Crippen LogP contribution in [0.25, 0.3) is 10.9 Å². The molecule has 1 aliphatic rings. The lowest BCUT2D eigenvalue weighted by atomic mass is 10.0. The number of aromatic nitrogens is 1. The maximum Gasteiger partial charge on any atom is 0.123 e. The van der Waals surface area contributed by atoms with Gasteiger partial charge in [0.05, 0.1) is 0 Å². The summed E-state index contributed by atoms with van der Waals surface area (Å²) in [4.78, 5) is 2.48. The van der Waals surface area contributed by atoms with E-state index in [0.29, 0.717) is 6.04 Å². The number of rotatable bonds is 3. The molecule has 19 heavy (non-hydrogen) atoms. The first-order chi connectivity index (χ1) is 9.24. The van der Waals surface area contributed by atoms with Gasteiger partial charge in [-0.25, -0.2) is 4.39 Å². The summed E-state index contributed by atoms with van der Waals surface area (Å²) < 4.78 is 15.4. The molecule has 0 amide bonds. The van der Waals surface area contributed by atoms with Crippen LogP contribution in [0.5, 0.6) is 0 Å². The third-order valence-corrected chi connectivity index (χ3v) is 4.36. The molecule has 102 valence electrons. The fourth-order valence-corrected chi connectivity index (χ4v) is 3.16. The first-order valence-corrected chi connectivity index (χ1v) is 7.19. The van der Waals surface area contributed by atoms with Crippen LogP contribution in [-0.4, -0.2) is 29.1 Å². The molecule has 2 aromatic rings. The van der Waals surface area contributed by atoms with E-state index in [9.17, 15) is 4.39 Å². The largest absolute Gasteiger partial charge is 0.347 e. The van der Waals surface area contributed by atoms with Gasteiger partial charge in [-0.2, -0.15) is 0 Å². The van der Waals surface area contributed by atoms with Crippen molar-refractivity contribution in [1.82, 2.24) is 9.47 Å². The van der Waals surface area contributed by atoms with Crippen LogP contribution < -0.4 is 0 Å². The van der Waals surface area contributed by atoms with E-state index in [1.54, 1.807) is 12.1 Å². The van der Waals surface area contributed by atoms with Crippen LogP contribution in [0.15, 0.2) is 30.5 Å². The summed E-state index contributed by atoms with van der Waals surface area (Å²) in [7, 11) is 2.23. The average Bonchev–Trinajstić information content (AvgIpc) is 2.80. The van der Waals surface area contributed by atoms with Crippen molar-refractivity contribution >= 4 is 10.9 Å². The van der Waals surface area contributed by atoms with Crippen LogP contribution in [0, 0.1) is 5.82 Å². The number of hydrogen-bond donors (Lipinski definition) is 0. The molecule has 1 saturated heterocycles. The van der Waals surface area contributed by atoms with Crippen molar-refractivity contribution in [3.63, 3.8) is 0 Å². The molecule has 0 aliphatic carbocycles. The van der Waals surface area contributed by atoms with E-state index in [1.807, 2.05) is 12.1 Å². The van der Waals surface area contributed by atoms with Crippen LogP contribution in [0.4, 0.5) is 4.39 Å².